The van der Waals surface area contributed by atoms with Crippen molar-refractivity contribution in [3.63, 3.8) is 0 Å². The largest absolute Gasteiger partial charge is 0.0720 e. The summed E-state index contributed by atoms with van der Waals surface area (Å²) in [6.45, 7) is 10.9. The number of hydrogen-bond acceptors (Lipinski definition) is 0. The second-order valence-electron chi connectivity index (χ2n) is 2.41. The monoisotopic (exact) mass is 115 g/mol. The molecule has 1 radical (unpaired) electrons. The van der Waals surface area contributed by atoms with Crippen molar-refractivity contribution in [2.45, 2.75) is 32.0 Å². The minimum atomic E-state index is -0.376. The van der Waals surface area contributed by atoms with E-state index in [0.717, 1.165) is 5.54 Å². The topological polar surface area (TPSA) is 0 Å². The van der Waals surface area contributed by atoms with Gasteiger partial charge >= 0.3 is 0 Å². The van der Waals surface area contributed by atoms with E-state index in [4.69, 9.17) is 0 Å². The Labute approximate surface area is 48.5 Å². The predicted octanol–water partition coefficient (Wildman–Crippen LogP) is 2.09. The lowest BCUT2D eigenvalue weighted by Crippen LogP contribution is -2.06. The van der Waals surface area contributed by atoms with E-state index in [2.05, 4.69) is 26.9 Å². The summed E-state index contributed by atoms with van der Waals surface area (Å²) in [6, 6.07) is 0. The lowest BCUT2D eigenvalue weighted by Gasteiger charge is -2.08. The van der Waals surface area contributed by atoms with E-state index in [1.54, 1.807) is 0 Å². The van der Waals surface area contributed by atoms with Crippen LogP contribution in [0.4, 0.5) is 0 Å². The highest BCUT2D eigenvalue weighted by Crippen LogP contribution is 2.11. The molecule has 0 heterocycles. The van der Waals surface area contributed by atoms with Crippen molar-refractivity contribution in [2.24, 2.45) is 0 Å². The fourth-order valence-corrected chi connectivity index (χ4v) is 1.41. The van der Waals surface area contributed by atoms with Crippen molar-refractivity contribution < 1.29 is 0 Å². The second-order valence-corrected chi connectivity index (χ2v) is 5.84. The number of hydrogen-bond donors (Lipinski definition) is 0. The highest BCUT2D eigenvalue weighted by Gasteiger charge is 2.03. The van der Waals surface area contributed by atoms with Gasteiger partial charge in [0, 0.05) is 8.80 Å². The molecule has 0 spiro atoms. The fraction of sp³-hybridized carbons (Fsp3) is 0.833. The molecular weight excluding hydrogens is 100 g/mol. The smallest absolute Gasteiger partial charge is 0.0336 e. The molecule has 0 aromatic carbocycles. The van der Waals surface area contributed by atoms with Crippen molar-refractivity contribution >= 4 is 8.80 Å². The summed E-state index contributed by atoms with van der Waals surface area (Å²) >= 11 is 0. The lowest BCUT2D eigenvalue weighted by molar-refractivity contribution is 0.928. The highest BCUT2D eigenvalue weighted by molar-refractivity contribution is 6.57. The molecule has 0 saturated carbocycles. The van der Waals surface area contributed by atoms with Crippen LogP contribution in [0.2, 0.25) is 18.6 Å². The molecular formula is C6H15Si. The van der Waals surface area contributed by atoms with E-state index in [1.807, 2.05) is 0 Å². The maximum absolute atomic E-state index is 4.02. The van der Waals surface area contributed by atoms with Crippen molar-refractivity contribution in [1.82, 2.24) is 0 Å². The van der Waals surface area contributed by atoms with Crippen LogP contribution in [0.15, 0.2) is 0 Å². The predicted molar refractivity (Wildman–Crippen MR) is 38.3 cm³/mol. The first-order valence-electron chi connectivity index (χ1n) is 3.01. The van der Waals surface area contributed by atoms with Crippen LogP contribution in [-0.2, 0) is 0 Å². The van der Waals surface area contributed by atoms with Gasteiger partial charge in [-0.2, -0.15) is 0 Å². The molecule has 7 heavy (non-hydrogen) atoms. The summed E-state index contributed by atoms with van der Waals surface area (Å²) in [6.07, 6.45) is 1.27. The Morgan fingerprint density at radius 2 is 2.00 bits per heavy atom. The average Bonchev–Trinajstić information content (AvgIpc) is 1.65. The Hall–Kier alpha value is 0.217. The molecule has 0 aliphatic carbocycles. The molecule has 0 bridgehead atoms. The Kier molecular flexibility index (Phi) is 3.35. The molecule has 0 nitrogen and oxygen atoms in total. The Balaban J connectivity index is 3.14. The third-order valence-electron chi connectivity index (χ3n) is 1.47. The first-order valence-corrected chi connectivity index (χ1v) is 5.99. The lowest BCUT2D eigenvalue weighted by atomic mass is 10.4. The van der Waals surface area contributed by atoms with Gasteiger partial charge in [-0.15, -0.1) is 0 Å². The average molecular weight is 115 g/mol. The SMILES string of the molecule is [CH2]C(CC)[SiH](C)C. The second kappa shape index (κ2) is 3.25. The van der Waals surface area contributed by atoms with Crippen LogP contribution < -0.4 is 0 Å². The van der Waals surface area contributed by atoms with Gasteiger partial charge in [0.1, 0.15) is 0 Å². The van der Waals surface area contributed by atoms with Crippen LogP contribution in [0.3, 0.4) is 0 Å². The summed E-state index contributed by atoms with van der Waals surface area (Å²) in [4.78, 5) is 0. The van der Waals surface area contributed by atoms with Gasteiger partial charge in [-0.05, 0) is 5.54 Å². The van der Waals surface area contributed by atoms with E-state index in [0.29, 0.717) is 0 Å². The quantitative estimate of drug-likeness (QED) is 0.483. The van der Waals surface area contributed by atoms with Gasteiger partial charge in [0.25, 0.3) is 0 Å². The van der Waals surface area contributed by atoms with Crippen molar-refractivity contribution in [2.75, 3.05) is 0 Å². The molecule has 0 fully saturated rings. The van der Waals surface area contributed by atoms with Crippen LogP contribution in [0, 0.1) is 6.92 Å². The van der Waals surface area contributed by atoms with Gasteiger partial charge in [0.05, 0.1) is 0 Å². The molecule has 0 aliphatic rings. The molecule has 1 unspecified atom stereocenters. The molecule has 0 aromatic rings. The van der Waals surface area contributed by atoms with Crippen molar-refractivity contribution in [1.29, 1.82) is 0 Å². The number of rotatable bonds is 2. The van der Waals surface area contributed by atoms with E-state index in [1.165, 1.54) is 6.42 Å². The zero-order chi connectivity index (χ0) is 5.86. The van der Waals surface area contributed by atoms with E-state index < -0.39 is 0 Å². The van der Waals surface area contributed by atoms with Gasteiger partial charge in [-0.3, -0.25) is 0 Å². The molecule has 0 rings (SSSR count). The minimum absolute atomic E-state index is 0.376. The maximum Gasteiger partial charge on any atom is 0.0336 e. The van der Waals surface area contributed by atoms with Gasteiger partial charge in [0.2, 0.25) is 0 Å². The molecule has 0 N–H and O–H groups in total. The zero-order valence-electron chi connectivity index (χ0n) is 5.57. The van der Waals surface area contributed by atoms with Crippen molar-refractivity contribution in [3.05, 3.63) is 6.92 Å². The summed E-state index contributed by atoms with van der Waals surface area (Å²) < 4.78 is 0. The van der Waals surface area contributed by atoms with Crippen LogP contribution in [0.5, 0.6) is 0 Å². The molecule has 1 heteroatoms. The van der Waals surface area contributed by atoms with Gasteiger partial charge in [0.15, 0.2) is 0 Å². The van der Waals surface area contributed by atoms with Crippen LogP contribution in [0.25, 0.3) is 0 Å². The Bertz CT molecular complexity index is 41.4. The minimum Gasteiger partial charge on any atom is -0.0720 e. The summed E-state index contributed by atoms with van der Waals surface area (Å²) in [5.74, 6) is 0. The Morgan fingerprint density at radius 3 is 2.00 bits per heavy atom. The van der Waals surface area contributed by atoms with Crippen molar-refractivity contribution in [3.8, 4) is 0 Å². The molecule has 43 valence electrons. The zero-order valence-corrected chi connectivity index (χ0v) is 6.72. The summed E-state index contributed by atoms with van der Waals surface area (Å²) in [5.41, 5.74) is 0.792. The first kappa shape index (κ1) is 7.22. The molecule has 0 amide bonds. The standard InChI is InChI=1S/C6H15Si/c1-5-6(2)7(3)4/h6-7H,2,5H2,1,3-4H3. The molecule has 0 saturated heterocycles. The molecule has 1 atom stereocenters. The van der Waals surface area contributed by atoms with E-state index in [9.17, 15) is 0 Å². The maximum atomic E-state index is 4.02. The first-order chi connectivity index (χ1) is 3.18. The van der Waals surface area contributed by atoms with Gasteiger partial charge < -0.3 is 0 Å². The summed E-state index contributed by atoms with van der Waals surface area (Å²) in [7, 11) is -0.376. The molecule has 0 aromatic heterocycles. The summed E-state index contributed by atoms with van der Waals surface area (Å²) in [5, 5.41) is 0. The third kappa shape index (κ3) is 2.86. The van der Waals surface area contributed by atoms with E-state index >= 15 is 0 Å². The normalized spacial score (nSPS) is 15.0. The third-order valence-corrected chi connectivity index (χ3v) is 3.82. The van der Waals surface area contributed by atoms with E-state index in [-0.39, 0.29) is 8.80 Å². The fourth-order valence-electron chi connectivity index (χ4n) is 0.471. The highest BCUT2D eigenvalue weighted by atomic mass is 28.3. The van der Waals surface area contributed by atoms with Gasteiger partial charge in [-0.1, -0.05) is 33.4 Å². The van der Waals surface area contributed by atoms with Crippen LogP contribution in [0.1, 0.15) is 13.3 Å². The van der Waals surface area contributed by atoms with Crippen LogP contribution >= 0.6 is 0 Å². The van der Waals surface area contributed by atoms with Crippen LogP contribution in [-0.4, -0.2) is 8.80 Å². The Morgan fingerprint density at radius 1 is 1.57 bits per heavy atom. The molecule has 0 aliphatic heterocycles. The van der Waals surface area contributed by atoms with Gasteiger partial charge in [-0.25, -0.2) is 0 Å².